The quantitative estimate of drug-likeness (QED) is 0.0171. The van der Waals surface area contributed by atoms with Gasteiger partial charge in [0.15, 0.2) is 18.7 Å². The highest BCUT2D eigenvalue weighted by atomic mass is 16.7. The van der Waals surface area contributed by atoms with E-state index in [0.717, 1.165) is 64.2 Å². The molecular formula is C59H106O15. The van der Waals surface area contributed by atoms with Crippen LogP contribution in [0.15, 0.2) is 36.5 Å². The van der Waals surface area contributed by atoms with Crippen LogP contribution in [-0.2, 0) is 38.0 Å². The third kappa shape index (κ3) is 32.5. The predicted molar refractivity (Wildman–Crippen MR) is 289 cm³/mol. The number of hydrogen-bond acceptors (Lipinski definition) is 15. The average Bonchev–Trinajstić information content (AvgIpc) is 3.39. The average molecular weight is 1060 g/mol. The maximum Gasteiger partial charge on any atom is 0.306 e. The van der Waals surface area contributed by atoms with E-state index >= 15 is 0 Å². The molecule has 2 heterocycles. The molecule has 74 heavy (non-hydrogen) atoms. The van der Waals surface area contributed by atoms with Gasteiger partial charge in [0.25, 0.3) is 0 Å². The minimum absolute atomic E-state index is 0.150. The summed E-state index contributed by atoms with van der Waals surface area (Å²) in [6, 6.07) is 0. The number of allylic oxidation sites excluding steroid dienone is 6. The van der Waals surface area contributed by atoms with Crippen molar-refractivity contribution >= 4 is 11.9 Å². The van der Waals surface area contributed by atoms with Gasteiger partial charge in [-0.1, -0.05) is 185 Å². The van der Waals surface area contributed by atoms with Crippen molar-refractivity contribution in [3.63, 3.8) is 0 Å². The van der Waals surface area contributed by atoms with Gasteiger partial charge in [-0.15, -0.1) is 0 Å². The van der Waals surface area contributed by atoms with Crippen LogP contribution in [0.4, 0.5) is 0 Å². The summed E-state index contributed by atoms with van der Waals surface area (Å²) in [6.45, 7) is 2.58. The van der Waals surface area contributed by atoms with Gasteiger partial charge in [0.05, 0.1) is 19.8 Å². The number of carbonyl (C=O) groups excluding carboxylic acids is 2. The number of carbonyl (C=O) groups is 2. The maximum absolute atomic E-state index is 13.0. The molecule has 0 radical (unpaired) electrons. The number of ether oxygens (including phenoxy) is 6. The van der Waals surface area contributed by atoms with Gasteiger partial charge in [0.2, 0.25) is 0 Å². The minimum atomic E-state index is -1.77. The van der Waals surface area contributed by atoms with Crippen molar-refractivity contribution in [2.24, 2.45) is 0 Å². The fraction of sp³-hybridized carbons (Fsp3) is 0.864. The topological polar surface area (TPSA) is 231 Å². The van der Waals surface area contributed by atoms with Crippen molar-refractivity contribution in [3.8, 4) is 0 Å². The Bertz CT molecular complexity index is 1430. The first-order valence-electron chi connectivity index (χ1n) is 29.6. The van der Waals surface area contributed by atoms with Gasteiger partial charge in [-0.2, -0.15) is 0 Å². The SMILES string of the molecule is CCCCC/C=C\C/C=C\CCCCCCCC(=O)OC(COC(=O)CCCCCCCCCCCCC/C=C\CCCCCCCCCC)COC1OC(COC2OC(CO)C(O)C(O)C2O)C(O)C(O)C1O. The molecule has 0 aromatic heterocycles. The third-order valence-electron chi connectivity index (χ3n) is 14.1. The van der Waals surface area contributed by atoms with Gasteiger partial charge in [0, 0.05) is 12.8 Å². The number of aliphatic hydroxyl groups is 7. The molecule has 2 fully saturated rings. The largest absolute Gasteiger partial charge is 0.462 e. The molecule has 15 heteroatoms. The molecule has 11 unspecified atom stereocenters. The summed E-state index contributed by atoms with van der Waals surface area (Å²) in [5.74, 6) is -0.935. The zero-order valence-corrected chi connectivity index (χ0v) is 46.1. The van der Waals surface area contributed by atoms with Crippen LogP contribution in [0, 0.1) is 0 Å². The van der Waals surface area contributed by atoms with E-state index in [1.165, 1.54) is 128 Å². The van der Waals surface area contributed by atoms with Crippen LogP contribution in [0.25, 0.3) is 0 Å². The first kappa shape index (κ1) is 67.8. The normalized spacial score (nSPS) is 24.9. The highest BCUT2D eigenvalue weighted by Crippen LogP contribution is 2.27. The van der Waals surface area contributed by atoms with Crippen molar-refractivity contribution < 1.29 is 73.8 Å². The summed E-state index contributed by atoms with van der Waals surface area (Å²) in [7, 11) is 0. The number of rotatable bonds is 47. The third-order valence-corrected chi connectivity index (χ3v) is 14.1. The van der Waals surface area contributed by atoms with Crippen LogP contribution in [0.1, 0.15) is 232 Å². The molecule has 15 nitrogen and oxygen atoms in total. The molecule has 2 rings (SSSR count). The zero-order valence-electron chi connectivity index (χ0n) is 46.1. The first-order chi connectivity index (χ1) is 36.0. The lowest BCUT2D eigenvalue weighted by Crippen LogP contribution is -2.61. The maximum atomic E-state index is 13.0. The Balaban J connectivity index is 1.73. The number of unbranched alkanes of at least 4 members (excludes halogenated alkanes) is 27. The number of esters is 2. The molecular weight excluding hydrogens is 949 g/mol. The summed E-state index contributed by atoms with van der Waals surface area (Å²) < 4.78 is 33.7. The van der Waals surface area contributed by atoms with Gasteiger partial charge in [-0.25, -0.2) is 0 Å². The van der Waals surface area contributed by atoms with Crippen LogP contribution >= 0.6 is 0 Å². The smallest absolute Gasteiger partial charge is 0.306 e. The van der Waals surface area contributed by atoms with Crippen molar-refractivity contribution in [2.45, 2.75) is 300 Å². The van der Waals surface area contributed by atoms with E-state index in [1.54, 1.807) is 0 Å². The molecule has 432 valence electrons. The van der Waals surface area contributed by atoms with E-state index in [4.69, 9.17) is 28.4 Å². The molecule has 0 aliphatic carbocycles. The summed E-state index contributed by atoms with van der Waals surface area (Å²) >= 11 is 0. The molecule has 7 N–H and O–H groups in total. The summed E-state index contributed by atoms with van der Waals surface area (Å²) in [6.07, 6.45) is 34.5. The lowest BCUT2D eigenvalue weighted by Gasteiger charge is -2.42. The Kier molecular flexibility index (Phi) is 41.9. The van der Waals surface area contributed by atoms with E-state index < -0.39 is 92.7 Å². The zero-order chi connectivity index (χ0) is 53.9. The van der Waals surface area contributed by atoms with Gasteiger partial charge in [0.1, 0.15) is 55.4 Å². The van der Waals surface area contributed by atoms with E-state index in [2.05, 4.69) is 50.3 Å². The summed E-state index contributed by atoms with van der Waals surface area (Å²) in [5.41, 5.74) is 0. The highest BCUT2D eigenvalue weighted by molar-refractivity contribution is 5.70. The monoisotopic (exact) mass is 1050 g/mol. The lowest BCUT2D eigenvalue weighted by atomic mass is 9.98. The van der Waals surface area contributed by atoms with Gasteiger partial charge >= 0.3 is 11.9 Å². The molecule has 0 aromatic rings. The van der Waals surface area contributed by atoms with Gasteiger partial charge in [-0.3, -0.25) is 9.59 Å². The van der Waals surface area contributed by atoms with Gasteiger partial charge in [-0.05, 0) is 70.6 Å². The second kappa shape index (κ2) is 45.7. The predicted octanol–water partition coefficient (Wildman–Crippen LogP) is 10.1. The Morgan fingerprint density at radius 3 is 1.30 bits per heavy atom. The van der Waals surface area contributed by atoms with E-state index in [0.29, 0.717) is 12.8 Å². The number of aliphatic hydroxyl groups excluding tert-OH is 7. The van der Waals surface area contributed by atoms with Crippen LogP contribution in [0.3, 0.4) is 0 Å². The fourth-order valence-corrected chi connectivity index (χ4v) is 9.24. The molecule has 0 saturated carbocycles. The van der Waals surface area contributed by atoms with Crippen molar-refractivity contribution in [1.29, 1.82) is 0 Å². The Hall–Kier alpha value is -2.28. The molecule has 2 aliphatic rings. The standard InChI is InChI=1S/C59H106O15/c1-3-5-7-9-11-13-15-17-19-20-21-22-23-24-25-26-28-29-31-33-35-37-39-41-50(61)69-44-47(72-51(62)42-40-38-36-34-32-30-27-18-16-14-12-10-8-6-4-2)45-70-58-57(68)55(66)53(64)49(74-58)46-71-59-56(67)54(65)52(63)48(43-60)73-59/h12,14,18,20-21,27,47-49,52-60,63-68H,3-11,13,15-17,19,22-26,28-46H2,1-2H3/b14-12-,21-20-,27-18-. The fourth-order valence-electron chi connectivity index (χ4n) is 9.24. The molecule has 0 spiro atoms. The Morgan fingerprint density at radius 2 is 0.811 bits per heavy atom. The molecule has 2 saturated heterocycles. The van der Waals surface area contributed by atoms with Gasteiger partial charge < -0.3 is 64.2 Å². The van der Waals surface area contributed by atoms with E-state index in [-0.39, 0.29) is 26.1 Å². The van der Waals surface area contributed by atoms with Crippen LogP contribution < -0.4 is 0 Å². The molecule has 11 atom stereocenters. The molecule has 0 aromatic carbocycles. The molecule has 0 amide bonds. The molecule has 0 bridgehead atoms. The van der Waals surface area contributed by atoms with E-state index in [1.807, 2.05) is 0 Å². The Labute approximate surface area is 446 Å². The number of hydrogen-bond donors (Lipinski definition) is 7. The van der Waals surface area contributed by atoms with Crippen LogP contribution in [0.5, 0.6) is 0 Å². The first-order valence-corrected chi connectivity index (χ1v) is 29.6. The lowest BCUT2D eigenvalue weighted by molar-refractivity contribution is -0.332. The second-order valence-corrected chi connectivity index (χ2v) is 20.8. The van der Waals surface area contributed by atoms with Crippen molar-refractivity contribution in [2.75, 3.05) is 26.4 Å². The van der Waals surface area contributed by atoms with Crippen LogP contribution in [0.2, 0.25) is 0 Å². The molecule has 2 aliphatic heterocycles. The van der Waals surface area contributed by atoms with Crippen molar-refractivity contribution in [3.05, 3.63) is 36.5 Å². The van der Waals surface area contributed by atoms with E-state index in [9.17, 15) is 45.3 Å². The minimum Gasteiger partial charge on any atom is -0.462 e. The summed E-state index contributed by atoms with van der Waals surface area (Å²) in [5, 5.41) is 72.3. The van der Waals surface area contributed by atoms with Crippen molar-refractivity contribution in [1.82, 2.24) is 0 Å². The Morgan fingerprint density at radius 1 is 0.432 bits per heavy atom. The van der Waals surface area contributed by atoms with Crippen LogP contribution in [-0.4, -0.2) is 142 Å². The summed E-state index contributed by atoms with van der Waals surface area (Å²) in [4.78, 5) is 25.9. The second-order valence-electron chi connectivity index (χ2n) is 20.8. The highest BCUT2D eigenvalue weighted by Gasteiger charge is 2.47.